The molecule has 3 nitrogen and oxygen atoms in total. The summed E-state index contributed by atoms with van der Waals surface area (Å²) in [6, 6.07) is 0.755. The molecule has 0 aromatic rings. The highest BCUT2D eigenvalue weighted by atomic mass is 35.5. The van der Waals surface area contributed by atoms with E-state index in [1.54, 1.807) is 0 Å². The predicted molar refractivity (Wildman–Crippen MR) is 115 cm³/mol. The number of fused-ring (bicyclic) bond motifs is 1. The van der Waals surface area contributed by atoms with E-state index < -0.39 is 0 Å². The molecule has 0 aromatic carbocycles. The molecule has 0 spiro atoms. The van der Waals surface area contributed by atoms with Crippen LogP contribution >= 0.6 is 0 Å². The largest absolute Gasteiger partial charge is 1.00 e. The van der Waals surface area contributed by atoms with E-state index in [9.17, 15) is 4.79 Å². The van der Waals surface area contributed by atoms with Crippen molar-refractivity contribution in [3.8, 4) is 0 Å². The van der Waals surface area contributed by atoms with E-state index in [-0.39, 0.29) is 18.3 Å². The van der Waals surface area contributed by atoms with Crippen molar-refractivity contribution in [2.45, 2.75) is 72.3 Å². The number of amides is 1. The summed E-state index contributed by atoms with van der Waals surface area (Å²) < 4.78 is 1.24. The van der Waals surface area contributed by atoms with Crippen molar-refractivity contribution in [3.05, 3.63) is 35.5 Å². The van der Waals surface area contributed by atoms with Gasteiger partial charge in [-0.3, -0.25) is 4.79 Å². The van der Waals surface area contributed by atoms with Crippen molar-refractivity contribution >= 4 is 5.91 Å². The maximum atomic E-state index is 12.4. The molecule has 2 heterocycles. The first-order valence-corrected chi connectivity index (χ1v) is 10.9. The number of nitrogens with one attached hydrogen (secondary N) is 1. The van der Waals surface area contributed by atoms with E-state index in [0.29, 0.717) is 11.8 Å². The number of nitrogens with zero attached hydrogens (tertiary/aromatic N) is 1. The van der Waals surface area contributed by atoms with Crippen molar-refractivity contribution in [3.63, 3.8) is 0 Å². The third-order valence-electron chi connectivity index (χ3n) is 6.62. The van der Waals surface area contributed by atoms with Crippen LogP contribution in [-0.4, -0.2) is 43.1 Å². The highest BCUT2D eigenvalue weighted by Gasteiger charge is 2.46. The topological polar surface area (TPSA) is 29.1 Å². The smallest absolute Gasteiger partial charge is 0.246 e. The molecule has 2 fully saturated rings. The molecule has 28 heavy (non-hydrogen) atoms. The highest BCUT2D eigenvalue weighted by molar-refractivity contribution is 5.93. The Kier molecular flexibility index (Phi) is 10.5. The van der Waals surface area contributed by atoms with Gasteiger partial charge in [0, 0.05) is 30.9 Å². The van der Waals surface area contributed by atoms with E-state index in [1.807, 2.05) is 19.1 Å². The zero-order valence-corrected chi connectivity index (χ0v) is 19.4. The molecule has 2 saturated heterocycles. The molecular weight excluding hydrogens is 368 g/mol. The molecule has 0 aliphatic carbocycles. The van der Waals surface area contributed by atoms with Gasteiger partial charge < -0.3 is 22.2 Å². The molecule has 0 bridgehead atoms. The van der Waals surface area contributed by atoms with E-state index in [2.05, 4.69) is 45.3 Å². The van der Waals surface area contributed by atoms with Crippen LogP contribution in [0.2, 0.25) is 0 Å². The van der Waals surface area contributed by atoms with Crippen molar-refractivity contribution in [1.82, 2.24) is 5.32 Å². The van der Waals surface area contributed by atoms with Crippen LogP contribution in [0.15, 0.2) is 35.5 Å². The number of hydrogen-bond acceptors (Lipinski definition) is 1. The second-order valence-corrected chi connectivity index (χ2v) is 9.32. The summed E-state index contributed by atoms with van der Waals surface area (Å²) in [5.41, 5.74) is 2.19. The van der Waals surface area contributed by atoms with Gasteiger partial charge in [-0.1, -0.05) is 36.8 Å². The maximum absolute atomic E-state index is 12.4. The van der Waals surface area contributed by atoms with Crippen LogP contribution in [0, 0.1) is 11.8 Å². The van der Waals surface area contributed by atoms with Gasteiger partial charge in [-0.05, 0) is 52.4 Å². The molecule has 160 valence electrons. The fraction of sp³-hybridized carbons (Fsp3) is 0.708. The Bertz CT molecular complexity index is 591. The number of carbonyl (C=O) groups is 1. The molecule has 2 rings (SSSR count). The molecule has 0 aromatic heterocycles. The van der Waals surface area contributed by atoms with E-state index in [0.717, 1.165) is 31.0 Å². The predicted octanol–water partition coefficient (Wildman–Crippen LogP) is 2.01. The summed E-state index contributed by atoms with van der Waals surface area (Å²) in [5.74, 6) is 1.28. The van der Waals surface area contributed by atoms with Crippen LogP contribution in [-0.2, 0) is 4.79 Å². The number of piperidine rings is 1. The molecule has 2 aliphatic heterocycles. The molecule has 1 unspecified atom stereocenters. The number of hydrogen-bond donors (Lipinski definition) is 1. The fourth-order valence-corrected chi connectivity index (χ4v) is 4.78. The molecule has 0 radical (unpaired) electrons. The monoisotopic (exact) mass is 408 g/mol. The van der Waals surface area contributed by atoms with Gasteiger partial charge in [0.05, 0.1) is 26.2 Å². The van der Waals surface area contributed by atoms with Crippen LogP contribution in [0.4, 0.5) is 0 Å². The zero-order chi connectivity index (χ0) is 19.9. The lowest BCUT2D eigenvalue weighted by Crippen LogP contribution is -3.00. The SMILES string of the molecule is CC(C)=CCC[C@@H](C)/C=C/C=C(\C)C(=O)NC[C@@H]1CC[N+]2(C)CCCC[C@H]12.[Cl-]. The molecule has 1 amide bonds. The first kappa shape index (κ1) is 25.0. The summed E-state index contributed by atoms with van der Waals surface area (Å²) in [4.78, 5) is 12.4. The molecule has 4 heteroatoms. The van der Waals surface area contributed by atoms with E-state index in [1.165, 1.54) is 48.8 Å². The van der Waals surface area contributed by atoms with Crippen molar-refractivity contribution in [2.75, 3.05) is 26.7 Å². The number of quaternary nitrogens is 1. The summed E-state index contributed by atoms with van der Waals surface area (Å²) in [6.45, 7) is 11.9. The second kappa shape index (κ2) is 11.8. The van der Waals surface area contributed by atoms with E-state index >= 15 is 0 Å². The maximum Gasteiger partial charge on any atom is 0.246 e. The normalized spacial score (nSPS) is 28.4. The van der Waals surface area contributed by atoms with Crippen molar-refractivity contribution in [1.29, 1.82) is 0 Å². The molecule has 4 atom stereocenters. The van der Waals surface area contributed by atoms with E-state index in [4.69, 9.17) is 0 Å². The number of allylic oxidation sites excluding steroid dienone is 5. The van der Waals surface area contributed by atoms with Crippen molar-refractivity contribution < 1.29 is 21.7 Å². The zero-order valence-electron chi connectivity index (χ0n) is 18.6. The first-order valence-electron chi connectivity index (χ1n) is 10.9. The standard InChI is InChI=1S/C24H40N2O.ClH/c1-19(2)10-8-11-20(3)12-9-13-21(4)24(27)25-18-22-15-17-26(5)16-7-6-14-23(22)26;/h9-10,12-13,20,22-23H,6-8,11,14-18H2,1-5H3;1H/b12-9+,21-13+;/t20-,22+,23-,26?;/m1./s1. The Morgan fingerprint density at radius 1 is 1.18 bits per heavy atom. The third-order valence-corrected chi connectivity index (χ3v) is 6.62. The minimum atomic E-state index is 0. The molecular formula is C24H41ClN2O. The second-order valence-electron chi connectivity index (χ2n) is 9.32. The summed E-state index contributed by atoms with van der Waals surface area (Å²) in [5, 5.41) is 3.20. The van der Waals surface area contributed by atoms with Gasteiger partial charge >= 0.3 is 0 Å². The average Bonchev–Trinajstić information content (AvgIpc) is 2.95. The van der Waals surface area contributed by atoms with Crippen LogP contribution in [0.25, 0.3) is 0 Å². The van der Waals surface area contributed by atoms with Gasteiger partial charge in [0.1, 0.15) is 0 Å². The lowest BCUT2D eigenvalue weighted by atomic mass is 9.92. The Labute approximate surface area is 179 Å². The minimum absolute atomic E-state index is 0. The van der Waals surface area contributed by atoms with Gasteiger partial charge in [-0.25, -0.2) is 0 Å². The Hall–Kier alpha value is -1.06. The minimum Gasteiger partial charge on any atom is -1.00 e. The summed E-state index contributed by atoms with van der Waals surface area (Å²) in [7, 11) is 2.42. The lowest BCUT2D eigenvalue weighted by molar-refractivity contribution is -0.927. The van der Waals surface area contributed by atoms with Gasteiger partial charge in [-0.15, -0.1) is 0 Å². The van der Waals surface area contributed by atoms with Gasteiger partial charge in [-0.2, -0.15) is 0 Å². The highest BCUT2D eigenvalue weighted by Crippen LogP contribution is 2.36. The first-order chi connectivity index (χ1) is 12.8. The van der Waals surface area contributed by atoms with Crippen LogP contribution in [0.3, 0.4) is 0 Å². The van der Waals surface area contributed by atoms with Crippen LogP contribution < -0.4 is 17.7 Å². The van der Waals surface area contributed by atoms with Crippen LogP contribution in [0.5, 0.6) is 0 Å². The van der Waals surface area contributed by atoms with Crippen LogP contribution in [0.1, 0.15) is 66.2 Å². The molecule has 0 saturated carbocycles. The summed E-state index contributed by atoms with van der Waals surface area (Å²) in [6.07, 6.45) is 16.1. The number of halogens is 1. The van der Waals surface area contributed by atoms with Gasteiger partial charge in [0.15, 0.2) is 0 Å². The summed E-state index contributed by atoms with van der Waals surface area (Å²) >= 11 is 0. The number of rotatable bonds is 8. The Balaban J connectivity index is 0.00000392. The average molecular weight is 409 g/mol. The van der Waals surface area contributed by atoms with Crippen molar-refractivity contribution in [2.24, 2.45) is 11.8 Å². The third kappa shape index (κ3) is 7.40. The Morgan fingerprint density at radius 2 is 1.93 bits per heavy atom. The molecule has 1 N–H and O–H groups in total. The van der Waals surface area contributed by atoms with Gasteiger partial charge in [0.2, 0.25) is 5.91 Å². The quantitative estimate of drug-likeness (QED) is 0.283. The lowest BCUT2D eigenvalue weighted by Gasteiger charge is -2.41. The fourth-order valence-electron chi connectivity index (χ4n) is 4.78. The molecule has 2 aliphatic rings. The van der Waals surface area contributed by atoms with Gasteiger partial charge in [0.25, 0.3) is 0 Å². The number of carbonyl (C=O) groups excluding carboxylic acids is 1. The Morgan fingerprint density at radius 3 is 2.64 bits per heavy atom.